The molecule has 0 unspecified atom stereocenters. The Morgan fingerprint density at radius 2 is 2.25 bits per heavy atom. The third-order valence-corrected chi connectivity index (χ3v) is 2.10. The van der Waals surface area contributed by atoms with E-state index >= 15 is 0 Å². The molecule has 20 valence electrons. The van der Waals surface area contributed by atoms with Crippen molar-refractivity contribution in [2.24, 2.45) is 0 Å². The van der Waals surface area contributed by atoms with Crippen molar-refractivity contribution in [3.63, 3.8) is 0 Å². The summed E-state index contributed by atoms with van der Waals surface area (Å²) in [5.74, 6) is 0. The topological polar surface area (TPSA) is 0 Å². The van der Waals surface area contributed by atoms with Crippen molar-refractivity contribution in [3.05, 3.63) is 0 Å². The van der Waals surface area contributed by atoms with Crippen molar-refractivity contribution >= 4 is 46.4 Å². The molecular formula is C3H6Ba. The maximum atomic E-state index is 2.32. The first-order valence-electron chi connectivity index (χ1n) is 1.52. The third-order valence-electron chi connectivity index (χ3n) is 0.289. The number of hydrogen-bond donors (Lipinski definition) is 0. The first-order valence-corrected chi connectivity index (χ1v) is 4.09. The molecule has 0 rings (SSSR count). The van der Waals surface area contributed by atoms with Gasteiger partial charge >= 0.3 is 59.8 Å². The molecular weight excluding hydrogens is 173 g/mol. The van der Waals surface area contributed by atoms with E-state index in [0.29, 0.717) is 0 Å². The van der Waals surface area contributed by atoms with Crippen LogP contribution >= 0.6 is 0 Å². The molecule has 1 heteroatoms. The molecule has 0 bridgehead atoms. The van der Waals surface area contributed by atoms with Crippen LogP contribution in [0, 0.1) is 0 Å². The second kappa shape index (κ2) is 4.44. The molecule has 0 aliphatic carbocycles. The monoisotopic (exact) mass is 180 g/mol. The normalized spacial score (nSPS) is 6.75. The zero-order valence-corrected chi connectivity index (χ0v) is 7.43. The second-order valence-electron chi connectivity index (χ2n) is 0.697. The minimum atomic E-state index is 0.948. The summed E-state index contributed by atoms with van der Waals surface area (Å²) in [4.78, 5) is 0. The maximum absolute atomic E-state index is 2.32. The Kier molecular flexibility index (Phi) is 6.04. The number of hydrogen-bond acceptors (Lipinski definition) is 0. The van der Waals surface area contributed by atoms with E-state index in [9.17, 15) is 0 Å². The fourth-order valence-corrected chi connectivity index (χ4v) is 0. The summed E-state index contributed by atoms with van der Waals surface area (Å²) in [5, 5.41) is 0. The summed E-state index contributed by atoms with van der Waals surface area (Å²) in [6, 6.07) is 0. The molecule has 0 saturated heterocycles. The molecule has 0 aromatic heterocycles. The van der Waals surface area contributed by atoms with Crippen LogP contribution in [0.25, 0.3) is 0 Å². The molecule has 0 saturated carbocycles. The van der Waals surface area contributed by atoms with Crippen LogP contribution < -0.4 is 0 Å². The number of rotatable bonds is 1. The Balaban J connectivity index is 2.30. The van der Waals surface area contributed by atoms with E-state index in [1.165, 1.54) is 6.42 Å². The SMILES string of the molecule is CC[CH]=[Ba]. The van der Waals surface area contributed by atoms with Gasteiger partial charge in [0.2, 0.25) is 0 Å². The molecule has 0 radical (unpaired) electrons. The Morgan fingerprint density at radius 3 is 2.25 bits per heavy atom. The Labute approximate surface area is 58.7 Å². The van der Waals surface area contributed by atoms with Gasteiger partial charge in [-0.3, -0.25) is 0 Å². The first kappa shape index (κ1) is 5.44. The van der Waals surface area contributed by atoms with Gasteiger partial charge < -0.3 is 0 Å². The van der Waals surface area contributed by atoms with Gasteiger partial charge in [0, 0.05) is 0 Å². The van der Waals surface area contributed by atoms with Crippen LogP contribution in [0.4, 0.5) is 0 Å². The van der Waals surface area contributed by atoms with Gasteiger partial charge in [-0.15, -0.1) is 0 Å². The van der Waals surface area contributed by atoms with Crippen molar-refractivity contribution in [2.75, 3.05) is 0 Å². The summed E-state index contributed by atoms with van der Waals surface area (Å²) < 4.78 is 2.32. The van der Waals surface area contributed by atoms with E-state index in [-0.39, 0.29) is 0 Å². The average Bonchev–Trinajstić information content (AvgIpc) is 1.37. The molecule has 0 N–H and O–H groups in total. The van der Waals surface area contributed by atoms with Crippen molar-refractivity contribution in [3.8, 4) is 0 Å². The Bertz CT molecular complexity index is 17.2. The van der Waals surface area contributed by atoms with Crippen molar-refractivity contribution < 1.29 is 0 Å². The van der Waals surface area contributed by atoms with E-state index in [4.69, 9.17) is 0 Å². The molecule has 0 fully saturated rings. The van der Waals surface area contributed by atoms with Crippen LogP contribution in [0.1, 0.15) is 13.3 Å². The van der Waals surface area contributed by atoms with Crippen LogP contribution in [0.2, 0.25) is 0 Å². The molecule has 4 heavy (non-hydrogen) atoms. The second-order valence-corrected chi connectivity index (χ2v) is 2.51. The summed E-state index contributed by atoms with van der Waals surface area (Å²) in [5.41, 5.74) is 0. The third kappa shape index (κ3) is 3.44. The quantitative estimate of drug-likeness (QED) is 0.510. The fourth-order valence-electron chi connectivity index (χ4n) is 0. The van der Waals surface area contributed by atoms with E-state index in [1.807, 2.05) is 0 Å². The zero-order valence-electron chi connectivity index (χ0n) is 2.99. The van der Waals surface area contributed by atoms with Gasteiger partial charge in [0.1, 0.15) is 0 Å². The van der Waals surface area contributed by atoms with Gasteiger partial charge in [-0.05, 0) is 0 Å². The minimum absolute atomic E-state index is 0.948. The standard InChI is InChI=1S/C3H6.Ba/c1-3-2;/h1H,3H2,2H3;. The first-order chi connectivity index (χ1) is 1.91. The van der Waals surface area contributed by atoms with Crippen LogP contribution in [-0.2, 0) is 0 Å². The molecule has 0 aromatic carbocycles. The molecule has 0 aromatic rings. The zero-order chi connectivity index (χ0) is 3.41. The van der Waals surface area contributed by atoms with Gasteiger partial charge in [0.05, 0.1) is 0 Å². The van der Waals surface area contributed by atoms with Gasteiger partial charge in [0.15, 0.2) is 0 Å². The summed E-state index contributed by atoms with van der Waals surface area (Å²) in [7, 11) is 0. The van der Waals surface area contributed by atoms with Gasteiger partial charge in [-0.25, -0.2) is 0 Å². The van der Waals surface area contributed by atoms with E-state index in [2.05, 4.69) is 7.37 Å². The van der Waals surface area contributed by atoms with Gasteiger partial charge in [0.25, 0.3) is 0 Å². The van der Waals surface area contributed by atoms with Crippen LogP contribution in [0.3, 0.4) is 0 Å². The van der Waals surface area contributed by atoms with Gasteiger partial charge in [-0.1, -0.05) is 0 Å². The Morgan fingerprint density at radius 1 is 2.00 bits per heavy atom. The Hall–Kier alpha value is 1.44. The summed E-state index contributed by atoms with van der Waals surface area (Å²) in [6.45, 7) is 2.17. The molecule has 0 spiro atoms. The van der Waals surface area contributed by atoms with E-state index in [1.54, 1.807) is 0 Å². The molecule has 0 amide bonds. The van der Waals surface area contributed by atoms with E-state index < -0.39 is 0 Å². The summed E-state index contributed by atoms with van der Waals surface area (Å²) in [6.07, 6.45) is 1.28. The molecule has 0 heterocycles. The van der Waals surface area contributed by atoms with Crippen LogP contribution in [0.15, 0.2) is 0 Å². The van der Waals surface area contributed by atoms with Gasteiger partial charge in [-0.2, -0.15) is 0 Å². The van der Waals surface area contributed by atoms with Crippen molar-refractivity contribution in [1.82, 2.24) is 0 Å². The molecule has 0 nitrogen and oxygen atoms in total. The van der Waals surface area contributed by atoms with Crippen molar-refractivity contribution in [1.29, 1.82) is 0 Å². The van der Waals surface area contributed by atoms with E-state index in [0.717, 1.165) is 46.0 Å². The summed E-state index contributed by atoms with van der Waals surface area (Å²) >= 11 is 0.948. The molecule has 0 atom stereocenters. The van der Waals surface area contributed by atoms with Crippen LogP contribution in [0.5, 0.6) is 0 Å². The van der Waals surface area contributed by atoms with Crippen molar-refractivity contribution in [2.45, 2.75) is 13.3 Å². The fraction of sp³-hybridized carbons (Fsp3) is 0.667. The molecule has 0 aliphatic heterocycles. The average molecular weight is 179 g/mol. The molecule has 0 aliphatic rings. The predicted octanol–water partition coefficient (Wildman–Crippen LogP) is 0.367. The predicted molar refractivity (Wildman–Crippen MR) is 22.1 cm³/mol. The van der Waals surface area contributed by atoms with Crippen LogP contribution in [-0.4, -0.2) is 46.4 Å².